The van der Waals surface area contributed by atoms with Gasteiger partial charge in [0.05, 0.1) is 0 Å². The van der Waals surface area contributed by atoms with Gasteiger partial charge in [0, 0.05) is 12.3 Å². The second-order valence-corrected chi connectivity index (χ2v) is 3.50. The molecule has 12 heavy (non-hydrogen) atoms. The fourth-order valence-corrected chi connectivity index (χ4v) is 1.08. The molecule has 0 spiro atoms. The Bertz CT molecular complexity index is 150. The van der Waals surface area contributed by atoms with Crippen molar-refractivity contribution in [3.63, 3.8) is 0 Å². The standard InChI is InChI=1S/C8H17N3S/c1-4-9-8-10-12-7-5-6-11(2)3/h4-7H2,1-3H3. The van der Waals surface area contributed by atoms with Gasteiger partial charge in [0.25, 0.3) is 0 Å². The van der Waals surface area contributed by atoms with E-state index in [-0.39, 0.29) is 0 Å². The Labute approximate surface area is 79.1 Å². The van der Waals surface area contributed by atoms with E-state index in [1.807, 2.05) is 6.92 Å². The summed E-state index contributed by atoms with van der Waals surface area (Å²) in [7, 11) is 4.15. The van der Waals surface area contributed by atoms with Crippen LogP contribution in [0.4, 0.5) is 0 Å². The van der Waals surface area contributed by atoms with Gasteiger partial charge in [-0.25, -0.2) is 4.99 Å². The van der Waals surface area contributed by atoms with Gasteiger partial charge in [-0.2, -0.15) is 4.40 Å². The molecule has 0 aromatic carbocycles. The summed E-state index contributed by atoms with van der Waals surface area (Å²) in [4.78, 5) is 6.03. The van der Waals surface area contributed by atoms with Crippen molar-refractivity contribution in [3.05, 3.63) is 0 Å². The Hall–Kier alpha value is -0.310. The Morgan fingerprint density at radius 3 is 2.75 bits per heavy atom. The number of rotatable bonds is 6. The summed E-state index contributed by atoms with van der Waals surface area (Å²) in [5, 5.41) is 0. The molecule has 70 valence electrons. The minimum Gasteiger partial charge on any atom is -0.309 e. The van der Waals surface area contributed by atoms with Crippen LogP contribution in [0.1, 0.15) is 13.3 Å². The molecule has 0 atom stereocenters. The lowest BCUT2D eigenvalue weighted by atomic mass is 10.5. The largest absolute Gasteiger partial charge is 0.309 e. The molecule has 4 heteroatoms. The van der Waals surface area contributed by atoms with E-state index in [4.69, 9.17) is 0 Å². The highest BCUT2D eigenvalue weighted by molar-refractivity contribution is 7.98. The first-order chi connectivity index (χ1) is 5.77. The van der Waals surface area contributed by atoms with Gasteiger partial charge in [0.1, 0.15) is 6.01 Å². The molecular formula is C8H17N3S. The molecule has 0 radical (unpaired) electrons. The van der Waals surface area contributed by atoms with Crippen molar-refractivity contribution in [2.24, 2.45) is 9.39 Å². The third-order valence-electron chi connectivity index (χ3n) is 1.18. The van der Waals surface area contributed by atoms with E-state index in [1.165, 1.54) is 11.9 Å². The van der Waals surface area contributed by atoms with Crippen LogP contribution in [-0.2, 0) is 0 Å². The third kappa shape index (κ3) is 9.69. The average molecular weight is 187 g/mol. The van der Waals surface area contributed by atoms with Gasteiger partial charge in [-0.1, -0.05) is 0 Å². The highest BCUT2D eigenvalue weighted by Gasteiger charge is 1.89. The fraction of sp³-hybridized carbons (Fsp3) is 0.875. The molecule has 0 N–H and O–H groups in total. The zero-order valence-electron chi connectivity index (χ0n) is 8.08. The van der Waals surface area contributed by atoms with Crippen LogP contribution < -0.4 is 0 Å². The van der Waals surface area contributed by atoms with E-state index in [9.17, 15) is 0 Å². The highest BCUT2D eigenvalue weighted by atomic mass is 32.2. The molecule has 0 heterocycles. The van der Waals surface area contributed by atoms with Crippen molar-refractivity contribution in [2.45, 2.75) is 13.3 Å². The normalized spacial score (nSPS) is 9.67. The summed E-state index contributed by atoms with van der Waals surface area (Å²) in [6.07, 6.45) is 1.16. The van der Waals surface area contributed by atoms with Gasteiger partial charge in [0.2, 0.25) is 0 Å². The van der Waals surface area contributed by atoms with Crippen molar-refractivity contribution < 1.29 is 0 Å². The lowest BCUT2D eigenvalue weighted by Gasteiger charge is -2.06. The fourth-order valence-electron chi connectivity index (χ4n) is 0.619. The Balaban J connectivity index is 3.16. The molecule has 0 rings (SSSR count). The van der Waals surface area contributed by atoms with E-state index in [2.05, 4.69) is 34.4 Å². The van der Waals surface area contributed by atoms with Crippen molar-refractivity contribution in [3.8, 4) is 0 Å². The predicted octanol–water partition coefficient (Wildman–Crippen LogP) is 1.78. The first-order valence-corrected chi connectivity index (χ1v) is 5.09. The van der Waals surface area contributed by atoms with Crippen LogP contribution in [0.15, 0.2) is 9.39 Å². The molecule has 0 aliphatic heterocycles. The molecule has 3 nitrogen and oxygen atoms in total. The summed E-state index contributed by atoms with van der Waals surface area (Å²) in [5.41, 5.74) is 0. The molecule has 0 unspecified atom stereocenters. The monoisotopic (exact) mass is 187 g/mol. The van der Waals surface area contributed by atoms with E-state index in [1.54, 1.807) is 0 Å². The smallest absolute Gasteiger partial charge is 0.102 e. The van der Waals surface area contributed by atoms with Crippen LogP contribution in [0.5, 0.6) is 0 Å². The second kappa shape index (κ2) is 8.78. The third-order valence-corrected chi connectivity index (χ3v) is 1.86. The van der Waals surface area contributed by atoms with E-state index in [0.29, 0.717) is 0 Å². The lowest BCUT2D eigenvalue weighted by molar-refractivity contribution is 0.410. The topological polar surface area (TPSA) is 28.0 Å². The van der Waals surface area contributed by atoms with Gasteiger partial charge in [-0.3, -0.25) is 0 Å². The maximum atomic E-state index is 3.94. The SMILES string of the molecule is CCN=C=NSCCCN(C)C. The molecule has 0 bridgehead atoms. The number of nitrogens with zero attached hydrogens (tertiary/aromatic N) is 3. The summed E-state index contributed by atoms with van der Waals surface area (Å²) in [6, 6.07) is 2.62. The lowest BCUT2D eigenvalue weighted by Crippen LogP contribution is -2.13. The molecule has 0 aliphatic carbocycles. The van der Waals surface area contributed by atoms with Crippen molar-refractivity contribution in [1.29, 1.82) is 0 Å². The van der Waals surface area contributed by atoms with Crippen LogP contribution in [0.25, 0.3) is 0 Å². The van der Waals surface area contributed by atoms with Crippen LogP contribution in [-0.4, -0.2) is 43.8 Å². The Morgan fingerprint density at radius 1 is 1.42 bits per heavy atom. The van der Waals surface area contributed by atoms with Gasteiger partial charge >= 0.3 is 0 Å². The summed E-state index contributed by atoms with van der Waals surface area (Å²) >= 11 is 1.53. The molecule has 0 aromatic heterocycles. The molecule has 0 saturated carbocycles. The summed E-state index contributed by atoms with van der Waals surface area (Å²) < 4.78 is 3.94. The zero-order chi connectivity index (χ0) is 9.23. The highest BCUT2D eigenvalue weighted by Crippen LogP contribution is 2.02. The Morgan fingerprint density at radius 2 is 2.17 bits per heavy atom. The van der Waals surface area contributed by atoms with Gasteiger partial charge in [0.15, 0.2) is 0 Å². The second-order valence-electron chi connectivity index (χ2n) is 2.66. The maximum absolute atomic E-state index is 3.94. The van der Waals surface area contributed by atoms with E-state index in [0.717, 1.165) is 25.3 Å². The molecule has 0 fully saturated rings. The predicted molar refractivity (Wildman–Crippen MR) is 56.0 cm³/mol. The summed E-state index contributed by atoms with van der Waals surface area (Å²) in [5.74, 6) is 1.05. The van der Waals surface area contributed by atoms with Crippen molar-refractivity contribution in [2.75, 3.05) is 32.9 Å². The molecule has 0 aliphatic rings. The Kier molecular flexibility index (Phi) is 8.56. The van der Waals surface area contributed by atoms with E-state index < -0.39 is 0 Å². The minimum atomic E-state index is 0.766. The number of aliphatic imine (C=N–C) groups is 1. The average Bonchev–Trinajstić information content (AvgIpc) is 2.02. The molecule has 0 saturated heterocycles. The summed E-state index contributed by atoms with van der Waals surface area (Å²) in [6.45, 7) is 3.86. The quantitative estimate of drug-likeness (QED) is 0.360. The minimum absolute atomic E-state index is 0.766. The zero-order valence-corrected chi connectivity index (χ0v) is 8.89. The maximum Gasteiger partial charge on any atom is 0.102 e. The van der Waals surface area contributed by atoms with E-state index >= 15 is 0 Å². The van der Waals surface area contributed by atoms with Crippen LogP contribution in [0, 0.1) is 0 Å². The van der Waals surface area contributed by atoms with Crippen LogP contribution in [0.2, 0.25) is 0 Å². The number of hydrogen-bond acceptors (Lipinski definition) is 4. The van der Waals surface area contributed by atoms with Crippen LogP contribution >= 0.6 is 11.9 Å². The number of hydrogen-bond donors (Lipinski definition) is 0. The molecular weight excluding hydrogens is 170 g/mol. The van der Waals surface area contributed by atoms with Gasteiger partial charge in [-0.05, 0) is 45.9 Å². The first-order valence-electron chi connectivity index (χ1n) is 4.15. The van der Waals surface area contributed by atoms with Gasteiger partial charge in [-0.15, -0.1) is 0 Å². The van der Waals surface area contributed by atoms with Crippen molar-refractivity contribution >= 4 is 18.0 Å². The first kappa shape index (κ1) is 11.7. The van der Waals surface area contributed by atoms with Crippen molar-refractivity contribution in [1.82, 2.24) is 4.90 Å². The molecule has 0 amide bonds. The van der Waals surface area contributed by atoms with Crippen LogP contribution in [0.3, 0.4) is 0 Å². The van der Waals surface area contributed by atoms with Gasteiger partial charge < -0.3 is 4.90 Å². The molecule has 0 aromatic rings.